The molecular formula is C9H15N3O2S. The van der Waals surface area contributed by atoms with Crippen LogP contribution in [-0.4, -0.2) is 31.1 Å². The van der Waals surface area contributed by atoms with E-state index in [-0.39, 0.29) is 6.04 Å². The van der Waals surface area contributed by atoms with Crippen LogP contribution >= 0.6 is 11.8 Å². The number of rotatable bonds is 5. The summed E-state index contributed by atoms with van der Waals surface area (Å²) < 4.78 is 1.81. The Morgan fingerprint density at radius 1 is 1.60 bits per heavy atom. The van der Waals surface area contributed by atoms with Crippen molar-refractivity contribution in [2.24, 2.45) is 0 Å². The number of carboxylic acid groups (broad SMARTS) is 1. The Morgan fingerprint density at radius 3 is 2.80 bits per heavy atom. The van der Waals surface area contributed by atoms with Crippen LogP contribution in [0.5, 0.6) is 0 Å². The van der Waals surface area contributed by atoms with Crippen LogP contribution in [0.15, 0.2) is 6.33 Å². The van der Waals surface area contributed by atoms with Crippen molar-refractivity contribution in [3.63, 3.8) is 0 Å². The summed E-state index contributed by atoms with van der Waals surface area (Å²) in [6.45, 7) is 5.70. The zero-order chi connectivity index (χ0) is 11.4. The van der Waals surface area contributed by atoms with Gasteiger partial charge >= 0.3 is 5.97 Å². The minimum atomic E-state index is -0.796. The van der Waals surface area contributed by atoms with Crippen molar-refractivity contribution in [3.05, 3.63) is 12.2 Å². The van der Waals surface area contributed by atoms with E-state index in [9.17, 15) is 4.79 Å². The van der Waals surface area contributed by atoms with Crippen LogP contribution in [0.2, 0.25) is 0 Å². The Balaban J connectivity index is 2.57. The van der Waals surface area contributed by atoms with E-state index in [0.29, 0.717) is 5.75 Å². The Morgan fingerprint density at radius 2 is 2.27 bits per heavy atom. The maximum absolute atomic E-state index is 10.6. The normalized spacial score (nSPS) is 13.1. The molecule has 0 aliphatic carbocycles. The Bertz CT molecular complexity index is 338. The van der Waals surface area contributed by atoms with Gasteiger partial charge in [-0.15, -0.1) is 11.8 Å². The first-order valence-corrected chi connectivity index (χ1v) is 5.80. The van der Waals surface area contributed by atoms with Crippen LogP contribution < -0.4 is 0 Å². The number of aromatic nitrogens is 3. The summed E-state index contributed by atoms with van der Waals surface area (Å²) in [7, 11) is 0. The number of carboxylic acids is 1. The first-order valence-electron chi connectivity index (χ1n) is 4.75. The molecule has 0 amide bonds. The Kier molecular flexibility index (Phi) is 4.14. The van der Waals surface area contributed by atoms with E-state index >= 15 is 0 Å². The summed E-state index contributed by atoms with van der Waals surface area (Å²) in [5, 5.41) is 12.4. The highest BCUT2D eigenvalue weighted by atomic mass is 32.2. The highest BCUT2D eigenvalue weighted by Gasteiger charge is 2.14. The van der Waals surface area contributed by atoms with Gasteiger partial charge in [0.25, 0.3) is 0 Å². The van der Waals surface area contributed by atoms with Crippen molar-refractivity contribution >= 4 is 17.7 Å². The molecule has 1 N–H and O–H groups in total. The number of nitrogens with zero attached hydrogens (tertiary/aromatic N) is 3. The smallest absolute Gasteiger partial charge is 0.316 e. The predicted octanol–water partition coefficient (Wildman–Crippen LogP) is 1.57. The van der Waals surface area contributed by atoms with Gasteiger partial charge in [-0.2, -0.15) is 5.10 Å². The second kappa shape index (κ2) is 5.16. The minimum Gasteiger partial charge on any atom is -0.480 e. The molecule has 0 bridgehead atoms. The molecule has 0 radical (unpaired) electrons. The molecule has 0 aliphatic heterocycles. The van der Waals surface area contributed by atoms with Crippen molar-refractivity contribution in [2.75, 3.05) is 0 Å². The van der Waals surface area contributed by atoms with E-state index in [1.54, 1.807) is 6.92 Å². The van der Waals surface area contributed by atoms with E-state index in [1.807, 2.05) is 18.5 Å². The molecule has 0 saturated carbocycles. The van der Waals surface area contributed by atoms with Crippen molar-refractivity contribution in [3.8, 4) is 0 Å². The van der Waals surface area contributed by atoms with Crippen LogP contribution in [0.4, 0.5) is 0 Å². The lowest BCUT2D eigenvalue weighted by molar-refractivity contribution is -0.136. The molecule has 0 saturated heterocycles. The van der Waals surface area contributed by atoms with E-state index in [2.05, 4.69) is 10.1 Å². The van der Waals surface area contributed by atoms with Gasteiger partial charge in [-0.3, -0.25) is 4.79 Å². The lowest BCUT2D eigenvalue weighted by atomic mass is 10.4. The predicted molar refractivity (Wildman–Crippen MR) is 58.8 cm³/mol. The zero-order valence-corrected chi connectivity index (χ0v) is 9.86. The van der Waals surface area contributed by atoms with Crippen molar-refractivity contribution < 1.29 is 9.90 Å². The SMILES string of the molecule is CC(SCc1ncnn1C(C)C)C(=O)O. The molecule has 0 aromatic carbocycles. The van der Waals surface area contributed by atoms with E-state index < -0.39 is 11.2 Å². The topological polar surface area (TPSA) is 68.0 Å². The highest BCUT2D eigenvalue weighted by molar-refractivity contribution is 7.99. The maximum Gasteiger partial charge on any atom is 0.316 e. The Labute approximate surface area is 92.9 Å². The van der Waals surface area contributed by atoms with Gasteiger partial charge in [0.2, 0.25) is 0 Å². The van der Waals surface area contributed by atoms with Crippen molar-refractivity contribution in [2.45, 2.75) is 37.8 Å². The van der Waals surface area contributed by atoms with Crippen molar-refractivity contribution in [1.29, 1.82) is 0 Å². The third kappa shape index (κ3) is 3.23. The average molecular weight is 229 g/mol. The van der Waals surface area contributed by atoms with Gasteiger partial charge in [0, 0.05) is 6.04 Å². The molecule has 0 aliphatic rings. The zero-order valence-electron chi connectivity index (χ0n) is 9.04. The quantitative estimate of drug-likeness (QED) is 0.830. The van der Waals surface area contributed by atoms with E-state index in [1.165, 1.54) is 18.1 Å². The maximum atomic E-state index is 10.6. The molecule has 6 heteroatoms. The molecule has 1 atom stereocenters. The molecule has 15 heavy (non-hydrogen) atoms. The second-order valence-corrected chi connectivity index (χ2v) is 4.84. The van der Waals surface area contributed by atoms with Crippen LogP contribution in [0.1, 0.15) is 32.6 Å². The van der Waals surface area contributed by atoms with Gasteiger partial charge < -0.3 is 5.11 Å². The first-order chi connectivity index (χ1) is 7.02. The van der Waals surface area contributed by atoms with Gasteiger partial charge in [-0.1, -0.05) is 0 Å². The number of hydrogen-bond donors (Lipinski definition) is 1. The van der Waals surface area contributed by atoms with Crippen LogP contribution in [0.3, 0.4) is 0 Å². The van der Waals surface area contributed by atoms with Crippen LogP contribution in [-0.2, 0) is 10.5 Å². The summed E-state index contributed by atoms with van der Waals surface area (Å²) in [6.07, 6.45) is 1.50. The number of carbonyl (C=O) groups is 1. The number of thioether (sulfide) groups is 1. The van der Waals surface area contributed by atoms with E-state index in [4.69, 9.17) is 5.11 Å². The fourth-order valence-electron chi connectivity index (χ4n) is 1.08. The minimum absolute atomic E-state index is 0.253. The summed E-state index contributed by atoms with van der Waals surface area (Å²) in [4.78, 5) is 14.7. The van der Waals surface area contributed by atoms with Gasteiger partial charge in [0.15, 0.2) is 0 Å². The average Bonchev–Trinajstić information content (AvgIpc) is 2.61. The van der Waals surface area contributed by atoms with Gasteiger partial charge in [-0.05, 0) is 20.8 Å². The fraction of sp³-hybridized carbons (Fsp3) is 0.667. The largest absolute Gasteiger partial charge is 0.480 e. The molecule has 0 fully saturated rings. The molecule has 0 spiro atoms. The molecule has 1 aromatic heterocycles. The van der Waals surface area contributed by atoms with Gasteiger partial charge in [0.05, 0.1) is 11.0 Å². The molecule has 84 valence electrons. The van der Waals surface area contributed by atoms with E-state index in [0.717, 1.165) is 5.82 Å². The fourth-order valence-corrected chi connectivity index (χ4v) is 1.83. The third-order valence-corrected chi connectivity index (χ3v) is 3.07. The van der Waals surface area contributed by atoms with Crippen LogP contribution in [0, 0.1) is 0 Å². The lowest BCUT2D eigenvalue weighted by Crippen LogP contribution is -2.13. The van der Waals surface area contributed by atoms with Gasteiger partial charge in [-0.25, -0.2) is 9.67 Å². The Hall–Kier alpha value is -1.04. The second-order valence-electron chi connectivity index (χ2n) is 3.51. The van der Waals surface area contributed by atoms with Gasteiger partial charge in [0.1, 0.15) is 12.2 Å². The summed E-state index contributed by atoms with van der Waals surface area (Å²) in [6, 6.07) is 0.253. The molecule has 1 rings (SSSR count). The number of hydrogen-bond acceptors (Lipinski definition) is 4. The summed E-state index contributed by atoms with van der Waals surface area (Å²) >= 11 is 1.35. The monoisotopic (exact) mass is 229 g/mol. The summed E-state index contributed by atoms with van der Waals surface area (Å²) in [5.41, 5.74) is 0. The molecule has 1 heterocycles. The van der Waals surface area contributed by atoms with Crippen molar-refractivity contribution in [1.82, 2.24) is 14.8 Å². The standard InChI is InChI=1S/C9H15N3O2S/c1-6(2)12-8(10-5-11-12)4-15-7(3)9(13)14/h5-7H,4H2,1-3H3,(H,13,14). The molecule has 1 aromatic rings. The molecule has 5 nitrogen and oxygen atoms in total. The highest BCUT2D eigenvalue weighted by Crippen LogP contribution is 2.17. The number of aliphatic carboxylic acids is 1. The summed E-state index contributed by atoms with van der Waals surface area (Å²) in [5.74, 6) is 0.602. The molecular weight excluding hydrogens is 214 g/mol. The van der Waals surface area contributed by atoms with Crippen LogP contribution in [0.25, 0.3) is 0 Å². The first kappa shape index (κ1) is 12.0. The third-order valence-electron chi connectivity index (χ3n) is 1.95. The molecule has 1 unspecified atom stereocenters. The lowest BCUT2D eigenvalue weighted by Gasteiger charge is -2.10.